The molecule has 2 atom stereocenters. The highest BCUT2D eigenvalue weighted by atomic mass is 32.1. The van der Waals surface area contributed by atoms with E-state index in [2.05, 4.69) is 181 Å². The van der Waals surface area contributed by atoms with Crippen LogP contribution < -0.4 is 4.74 Å². The lowest BCUT2D eigenvalue weighted by Crippen LogP contribution is -2.30. The lowest BCUT2D eigenvalue weighted by Gasteiger charge is -2.36. The van der Waals surface area contributed by atoms with Crippen LogP contribution in [0, 0.1) is 0 Å². The van der Waals surface area contributed by atoms with E-state index < -0.39 is 5.41 Å². The van der Waals surface area contributed by atoms with E-state index >= 15 is 0 Å². The molecule has 2 aliphatic carbocycles. The molecule has 2 aromatic heterocycles. The van der Waals surface area contributed by atoms with Gasteiger partial charge in [-0.3, -0.25) is 0 Å². The van der Waals surface area contributed by atoms with Crippen molar-refractivity contribution in [3.63, 3.8) is 0 Å². The van der Waals surface area contributed by atoms with Gasteiger partial charge in [-0.2, -0.15) is 0 Å². The van der Waals surface area contributed by atoms with E-state index in [1.807, 2.05) is 11.3 Å². The van der Waals surface area contributed by atoms with Crippen molar-refractivity contribution in [2.24, 2.45) is 0 Å². The number of nitrogens with zero attached hydrogens (tertiary/aromatic N) is 1. The Morgan fingerprint density at radius 1 is 0.604 bits per heavy atom. The van der Waals surface area contributed by atoms with Crippen LogP contribution in [0.25, 0.3) is 58.8 Å². The van der Waals surface area contributed by atoms with Gasteiger partial charge < -0.3 is 9.30 Å². The maximum absolute atomic E-state index is 6.18. The summed E-state index contributed by atoms with van der Waals surface area (Å²) in [4.78, 5) is 0. The third-order valence-electron chi connectivity index (χ3n) is 11.7. The average Bonchev–Trinajstić information content (AvgIpc) is 3.86. The second kappa shape index (κ2) is 11.7. The number of methoxy groups -OCH3 is 1. The van der Waals surface area contributed by atoms with Gasteiger partial charge in [-0.1, -0.05) is 121 Å². The minimum Gasteiger partial charge on any atom is -0.496 e. The Morgan fingerprint density at radius 2 is 1.38 bits per heavy atom. The van der Waals surface area contributed by atoms with Gasteiger partial charge in [-0.15, -0.1) is 11.3 Å². The van der Waals surface area contributed by atoms with E-state index in [1.165, 1.54) is 80.9 Å². The molecule has 11 rings (SSSR count). The van der Waals surface area contributed by atoms with Gasteiger partial charge >= 0.3 is 0 Å². The molecule has 0 saturated carbocycles. The van der Waals surface area contributed by atoms with Crippen LogP contribution in [0.1, 0.15) is 34.6 Å². The Hall–Kier alpha value is -6.16. The minimum absolute atomic E-state index is 0.262. The molecule has 2 nitrogen and oxygen atoms in total. The molecule has 53 heavy (non-hydrogen) atoms. The summed E-state index contributed by atoms with van der Waals surface area (Å²) in [5, 5.41) is 5.20. The van der Waals surface area contributed by atoms with Crippen molar-refractivity contribution in [3.8, 4) is 22.6 Å². The zero-order chi connectivity index (χ0) is 35.1. The van der Waals surface area contributed by atoms with Crippen molar-refractivity contribution in [3.05, 3.63) is 204 Å². The predicted octanol–water partition coefficient (Wildman–Crippen LogP) is 13.1. The van der Waals surface area contributed by atoms with Crippen LogP contribution in [-0.2, 0) is 5.41 Å². The Labute approximate surface area is 312 Å². The summed E-state index contributed by atoms with van der Waals surface area (Å²) in [6.45, 7) is 0. The number of aromatic nitrogens is 1. The normalized spacial score (nSPS) is 17.8. The van der Waals surface area contributed by atoms with Crippen LogP contribution in [0.3, 0.4) is 0 Å². The second-order valence-electron chi connectivity index (χ2n) is 14.3. The van der Waals surface area contributed by atoms with Crippen molar-refractivity contribution >= 4 is 53.3 Å². The lowest BCUT2D eigenvalue weighted by molar-refractivity contribution is 0.404. The summed E-state index contributed by atoms with van der Waals surface area (Å²) in [6.07, 6.45) is 7.93. The van der Waals surface area contributed by atoms with Gasteiger partial charge in [0.05, 0.1) is 23.6 Å². The molecule has 0 spiro atoms. The molecule has 3 heteroatoms. The fourth-order valence-electron chi connectivity index (χ4n) is 9.54. The molecular weight excluding hydrogens is 663 g/mol. The molecule has 0 radical (unpaired) electrons. The Bertz CT molecular complexity index is 2980. The summed E-state index contributed by atoms with van der Waals surface area (Å²) >= 11 is 1.87. The molecule has 7 aromatic carbocycles. The largest absolute Gasteiger partial charge is 0.496 e. The summed E-state index contributed by atoms with van der Waals surface area (Å²) in [6, 6.07) is 58.4. The van der Waals surface area contributed by atoms with Crippen molar-refractivity contribution in [2.45, 2.75) is 17.8 Å². The number of fused-ring (bicyclic) bond motifs is 9. The first-order chi connectivity index (χ1) is 26.2. The maximum Gasteiger partial charge on any atom is 0.123 e. The van der Waals surface area contributed by atoms with Crippen LogP contribution in [0.5, 0.6) is 5.75 Å². The van der Waals surface area contributed by atoms with Gasteiger partial charge in [-0.05, 0) is 94.4 Å². The molecular formula is C50H35NOS. The lowest BCUT2D eigenvalue weighted by atomic mass is 9.66. The topological polar surface area (TPSA) is 14.2 Å². The van der Waals surface area contributed by atoms with Crippen LogP contribution in [-0.4, -0.2) is 11.7 Å². The zero-order valence-electron chi connectivity index (χ0n) is 29.3. The molecule has 0 fully saturated rings. The van der Waals surface area contributed by atoms with E-state index in [0.717, 1.165) is 17.9 Å². The van der Waals surface area contributed by atoms with Gasteiger partial charge in [0.25, 0.3) is 0 Å². The summed E-state index contributed by atoms with van der Waals surface area (Å²) < 4.78 is 11.3. The molecule has 0 bridgehead atoms. The van der Waals surface area contributed by atoms with Crippen LogP contribution in [0.2, 0.25) is 0 Å². The Morgan fingerprint density at radius 3 is 2.28 bits per heavy atom. The van der Waals surface area contributed by atoms with Crippen LogP contribution in [0.15, 0.2) is 182 Å². The van der Waals surface area contributed by atoms with Crippen molar-refractivity contribution in [1.82, 2.24) is 4.57 Å². The third-order valence-corrected chi connectivity index (χ3v) is 12.9. The first-order valence-corrected chi connectivity index (χ1v) is 19.2. The fourth-order valence-corrected chi connectivity index (χ4v) is 10.6. The predicted molar refractivity (Wildman–Crippen MR) is 223 cm³/mol. The van der Waals surface area contributed by atoms with Gasteiger partial charge in [0.2, 0.25) is 0 Å². The van der Waals surface area contributed by atoms with Crippen molar-refractivity contribution < 1.29 is 4.74 Å². The monoisotopic (exact) mass is 697 g/mol. The molecule has 2 heterocycles. The first-order valence-electron chi connectivity index (χ1n) is 18.4. The molecule has 0 amide bonds. The molecule has 9 aromatic rings. The van der Waals surface area contributed by atoms with Crippen LogP contribution in [0.4, 0.5) is 0 Å². The van der Waals surface area contributed by atoms with Crippen molar-refractivity contribution in [2.75, 3.05) is 7.11 Å². The minimum atomic E-state index is -0.519. The molecule has 2 unspecified atom stereocenters. The number of allylic oxidation sites excluding steroid dienone is 4. The standard InChI is InChI=1S/C50H35NOS/c1-52-47-24-11-9-22-43(47)50(34-15-3-2-4-16-34)42-21-8-5-18-36(42)39-30-40-37-19-6-10-23-45(37)51(46(40)31-44(39)50)35-17-13-14-32(28-35)33-26-27-49-41(29-33)38-20-7-12-25-48(38)53-49/h2-17,19-31,36H,18H2,1H3. The molecule has 0 saturated heterocycles. The highest BCUT2D eigenvalue weighted by molar-refractivity contribution is 7.25. The van der Waals surface area contributed by atoms with Crippen LogP contribution >= 0.6 is 11.3 Å². The quantitative estimate of drug-likeness (QED) is 0.175. The average molecular weight is 698 g/mol. The van der Waals surface area contributed by atoms with Gasteiger partial charge in [0.15, 0.2) is 0 Å². The molecule has 252 valence electrons. The van der Waals surface area contributed by atoms with Crippen molar-refractivity contribution in [1.29, 1.82) is 0 Å². The third kappa shape index (κ3) is 4.32. The number of hydrogen-bond acceptors (Lipinski definition) is 2. The van der Waals surface area contributed by atoms with E-state index in [1.54, 1.807) is 7.11 Å². The van der Waals surface area contributed by atoms with E-state index in [4.69, 9.17) is 4.74 Å². The number of para-hydroxylation sites is 2. The number of thiophene rings is 1. The summed E-state index contributed by atoms with van der Waals surface area (Å²) in [5.41, 5.74) is 12.1. The zero-order valence-corrected chi connectivity index (χ0v) is 30.1. The smallest absolute Gasteiger partial charge is 0.123 e. The van der Waals surface area contributed by atoms with E-state index in [9.17, 15) is 0 Å². The number of rotatable bonds is 5. The van der Waals surface area contributed by atoms with Gasteiger partial charge in [0, 0.05) is 48.1 Å². The second-order valence-corrected chi connectivity index (χ2v) is 15.4. The van der Waals surface area contributed by atoms with E-state index in [0.29, 0.717) is 0 Å². The summed E-state index contributed by atoms with van der Waals surface area (Å²) in [7, 11) is 1.80. The highest BCUT2D eigenvalue weighted by Gasteiger charge is 2.52. The van der Waals surface area contributed by atoms with E-state index in [-0.39, 0.29) is 5.92 Å². The fraction of sp³-hybridized carbons (Fsp3) is 0.0800. The summed E-state index contributed by atoms with van der Waals surface area (Å²) in [5.74, 6) is 1.17. The maximum atomic E-state index is 6.18. The number of hydrogen-bond donors (Lipinski definition) is 0. The highest BCUT2D eigenvalue weighted by Crippen LogP contribution is 2.61. The van der Waals surface area contributed by atoms with Gasteiger partial charge in [0.1, 0.15) is 5.75 Å². The SMILES string of the molecule is COc1ccccc1C1(c2ccccc2)C2=CC=CCC2c2cc3c4ccccc4n(-c4cccc(-c5ccc6sc7ccccc7c6c5)c4)c3cc21. The molecule has 0 aliphatic heterocycles. The number of ether oxygens (including phenoxy) is 1. The Balaban J connectivity index is 1.19. The Kier molecular flexibility index (Phi) is 6.71. The molecule has 2 aliphatic rings. The number of benzene rings is 7. The first kappa shape index (κ1) is 30.5. The van der Waals surface area contributed by atoms with Gasteiger partial charge in [-0.25, -0.2) is 0 Å². The molecule has 0 N–H and O–H groups in total.